The molecule has 0 heterocycles. The van der Waals surface area contributed by atoms with Crippen LogP contribution in [0.5, 0.6) is 0 Å². The first kappa shape index (κ1) is 34.5. The van der Waals surface area contributed by atoms with Crippen molar-refractivity contribution in [1.82, 2.24) is 0 Å². The molecule has 0 spiro atoms. The fourth-order valence-corrected chi connectivity index (χ4v) is 3.49. The summed E-state index contributed by atoms with van der Waals surface area (Å²) in [4.78, 5) is 30.5. The molecule has 0 saturated heterocycles. The first-order chi connectivity index (χ1) is 16.2. The fraction of sp³-hybridized carbons (Fsp3) is 0.885. The molecule has 0 aliphatic rings. The standard InChI is InChI=1S/C20H42O.C6H8O7/c1-3-5-7-9-11-13-15-17-19-21-20-18-16-14-12-10-8-6-4-2;7-3(8)1-6(13,5(11)12)2-4(9)10/h3-20H2,1-2H3;13H,1-2H2,(H,7,8)(H,9,10)(H,11,12). The average Bonchev–Trinajstić information content (AvgIpc) is 2.75. The second-order valence-corrected chi connectivity index (χ2v) is 9.04. The average molecular weight is 491 g/mol. The van der Waals surface area contributed by atoms with Gasteiger partial charge in [0, 0.05) is 13.2 Å². The molecule has 8 nitrogen and oxygen atoms in total. The maximum atomic E-state index is 10.3. The number of hydrogen-bond donors (Lipinski definition) is 4. The van der Waals surface area contributed by atoms with E-state index in [-0.39, 0.29) is 0 Å². The SMILES string of the molecule is CCCCCCCCCCOCCCCCCCCCC.O=C(O)CC(O)(CC(=O)O)C(=O)O. The molecular weight excluding hydrogens is 440 g/mol. The monoisotopic (exact) mass is 490 g/mol. The van der Waals surface area contributed by atoms with E-state index in [0.717, 1.165) is 13.2 Å². The Bertz CT molecular complexity index is 473. The first-order valence-electron chi connectivity index (χ1n) is 13.2. The van der Waals surface area contributed by atoms with Gasteiger partial charge in [-0.1, -0.05) is 104 Å². The van der Waals surface area contributed by atoms with Crippen LogP contribution in [0.25, 0.3) is 0 Å². The number of carbonyl (C=O) groups is 3. The molecule has 0 rings (SSSR count). The lowest BCUT2D eigenvalue weighted by Gasteiger charge is -2.18. The molecule has 0 aromatic rings. The number of hydrogen-bond acceptors (Lipinski definition) is 5. The predicted octanol–water partition coefficient (Wildman–Crippen LogP) is 6.04. The highest BCUT2D eigenvalue weighted by atomic mass is 16.5. The number of aliphatic carboxylic acids is 3. The zero-order valence-electron chi connectivity index (χ0n) is 21.6. The van der Waals surface area contributed by atoms with Gasteiger partial charge in [-0.25, -0.2) is 4.79 Å². The van der Waals surface area contributed by atoms with Gasteiger partial charge in [0.25, 0.3) is 0 Å². The van der Waals surface area contributed by atoms with Crippen molar-refractivity contribution < 1.29 is 39.5 Å². The minimum Gasteiger partial charge on any atom is -0.481 e. The van der Waals surface area contributed by atoms with Crippen molar-refractivity contribution in [1.29, 1.82) is 0 Å². The molecule has 0 fully saturated rings. The third-order valence-corrected chi connectivity index (χ3v) is 5.57. The first-order valence-corrected chi connectivity index (χ1v) is 13.2. The molecule has 34 heavy (non-hydrogen) atoms. The Balaban J connectivity index is 0. The summed E-state index contributed by atoms with van der Waals surface area (Å²) in [5, 5.41) is 33.8. The van der Waals surface area contributed by atoms with Gasteiger partial charge in [-0.15, -0.1) is 0 Å². The van der Waals surface area contributed by atoms with Gasteiger partial charge in [0.05, 0.1) is 12.8 Å². The Labute approximate surface area is 206 Å². The van der Waals surface area contributed by atoms with E-state index in [1.54, 1.807) is 0 Å². The maximum Gasteiger partial charge on any atom is 0.336 e. The quantitative estimate of drug-likeness (QED) is 0.127. The van der Waals surface area contributed by atoms with E-state index < -0.39 is 36.4 Å². The van der Waals surface area contributed by atoms with Crippen LogP contribution in [0.1, 0.15) is 129 Å². The minimum absolute atomic E-state index is 0.992. The van der Waals surface area contributed by atoms with Crippen LogP contribution in [0, 0.1) is 0 Å². The van der Waals surface area contributed by atoms with Crippen LogP contribution in [0.15, 0.2) is 0 Å². The van der Waals surface area contributed by atoms with Gasteiger partial charge in [0.15, 0.2) is 5.60 Å². The lowest BCUT2D eigenvalue weighted by atomic mass is 9.96. The lowest BCUT2D eigenvalue weighted by molar-refractivity contribution is -0.170. The molecule has 0 aliphatic heterocycles. The van der Waals surface area contributed by atoms with E-state index in [2.05, 4.69) is 13.8 Å². The number of aliphatic hydroxyl groups is 1. The second-order valence-electron chi connectivity index (χ2n) is 9.04. The van der Waals surface area contributed by atoms with E-state index in [4.69, 9.17) is 25.2 Å². The van der Waals surface area contributed by atoms with Crippen LogP contribution in [0.2, 0.25) is 0 Å². The van der Waals surface area contributed by atoms with Crippen molar-refractivity contribution in [3.05, 3.63) is 0 Å². The minimum atomic E-state index is -2.74. The van der Waals surface area contributed by atoms with Crippen molar-refractivity contribution in [2.45, 2.75) is 135 Å². The smallest absolute Gasteiger partial charge is 0.336 e. The fourth-order valence-electron chi connectivity index (χ4n) is 3.49. The Morgan fingerprint density at radius 3 is 1.12 bits per heavy atom. The molecule has 0 saturated carbocycles. The summed E-state index contributed by atoms with van der Waals surface area (Å²) in [6.45, 7) is 6.55. The van der Waals surface area contributed by atoms with Gasteiger partial charge in [-0.3, -0.25) is 9.59 Å². The zero-order chi connectivity index (χ0) is 26.1. The number of carboxylic acid groups (broad SMARTS) is 3. The third kappa shape index (κ3) is 25.0. The third-order valence-electron chi connectivity index (χ3n) is 5.57. The van der Waals surface area contributed by atoms with Crippen LogP contribution in [0.3, 0.4) is 0 Å². The topological polar surface area (TPSA) is 141 Å². The van der Waals surface area contributed by atoms with E-state index in [0.29, 0.717) is 0 Å². The molecule has 0 aromatic heterocycles. The highest BCUT2D eigenvalue weighted by molar-refractivity contribution is 5.88. The Morgan fingerprint density at radius 1 is 0.559 bits per heavy atom. The summed E-state index contributed by atoms with van der Waals surface area (Å²) in [6.07, 6.45) is 19.9. The van der Waals surface area contributed by atoms with Crippen molar-refractivity contribution in [3.63, 3.8) is 0 Å². The summed E-state index contributed by atoms with van der Waals surface area (Å²) in [5.74, 6) is -5.02. The molecule has 8 heteroatoms. The molecule has 0 atom stereocenters. The Hall–Kier alpha value is -1.67. The highest BCUT2D eigenvalue weighted by Gasteiger charge is 2.40. The van der Waals surface area contributed by atoms with E-state index in [1.807, 2.05) is 0 Å². The van der Waals surface area contributed by atoms with Crippen LogP contribution < -0.4 is 0 Å². The molecule has 0 unspecified atom stereocenters. The molecule has 0 radical (unpaired) electrons. The van der Waals surface area contributed by atoms with Crippen molar-refractivity contribution in [2.75, 3.05) is 13.2 Å². The summed E-state index contributed by atoms with van der Waals surface area (Å²) in [5.41, 5.74) is -2.74. The van der Waals surface area contributed by atoms with Crippen LogP contribution >= 0.6 is 0 Å². The summed E-state index contributed by atoms with van der Waals surface area (Å²) < 4.78 is 5.72. The van der Waals surface area contributed by atoms with Crippen LogP contribution in [0.4, 0.5) is 0 Å². The zero-order valence-corrected chi connectivity index (χ0v) is 21.6. The molecule has 0 aliphatic carbocycles. The molecule has 0 amide bonds. The van der Waals surface area contributed by atoms with Gasteiger partial charge >= 0.3 is 17.9 Å². The molecule has 0 bridgehead atoms. The summed E-state index contributed by atoms with van der Waals surface area (Å²) >= 11 is 0. The molecule has 202 valence electrons. The van der Waals surface area contributed by atoms with E-state index in [9.17, 15) is 14.4 Å². The van der Waals surface area contributed by atoms with Gasteiger partial charge in [-0.05, 0) is 12.8 Å². The Kier molecular flexibility index (Phi) is 24.8. The number of ether oxygens (including phenoxy) is 1. The van der Waals surface area contributed by atoms with Gasteiger partial charge < -0.3 is 25.2 Å². The lowest BCUT2D eigenvalue weighted by Crippen LogP contribution is -2.42. The van der Waals surface area contributed by atoms with Crippen LogP contribution in [-0.2, 0) is 19.1 Å². The molecule has 4 N–H and O–H groups in total. The van der Waals surface area contributed by atoms with Crippen molar-refractivity contribution in [3.8, 4) is 0 Å². The number of carboxylic acids is 3. The Morgan fingerprint density at radius 2 is 0.853 bits per heavy atom. The number of unbranched alkanes of at least 4 members (excludes halogenated alkanes) is 14. The second kappa shape index (κ2) is 24.5. The largest absolute Gasteiger partial charge is 0.481 e. The van der Waals surface area contributed by atoms with Crippen LogP contribution in [-0.4, -0.2) is 57.1 Å². The normalized spacial score (nSPS) is 11.0. The number of rotatable bonds is 23. The van der Waals surface area contributed by atoms with Crippen molar-refractivity contribution >= 4 is 17.9 Å². The summed E-state index contributed by atoms with van der Waals surface area (Å²) in [6, 6.07) is 0. The summed E-state index contributed by atoms with van der Waals surface area (Å²) in [7, 11) is 0. The van der Waals surface area contributed by atoms with Gasteiger partial charge in [-0.2, -0.15) is 0 Å². The van der Waals surface area contributed by atoms with E-state index >= 15 is 0 Å². The van der Waals surface area contributed by atoms with Crippen molar-refractivity contribution in [2.24, 2.45) is 0 Å². The molecular formula is C26H50O8. The highest BCUT2D eigenvalue weighted by Crippen LogP contribution is 2.15. The van der Waals surface area contributed by atoms with E-state index in [1.165, 1.54) is 103 Å². The molecule has 0 aromatic carbocycles. The van der Waals surface area contributed by atoms with Gasteiger partial charge in [0.1, 0.15) is 0 Å². The maximum absolute atomic E-state index is 10.3. The van der Waals surface area contributed by atoms with Gasteiger partial charge in [0.2, 0.25) is 0 Å². The predicted molar refractivity (Wildman–Crippen MR) is 133 cm³/mol.